The number of benzene rings is 1. The van der Waals surface area contributed by atoms with Crippen molar-refractivity contribution in [2.75, 3.05) is 11.1 Å². The van der Waals surface area contributed by atoms with Gasteiger partial charge in [0.25, 0.3) is 0 Å². The average Bonchev–Trinajstić information content (AvgIpc) is 2.40. The topological polar surface area (TPSA) is 74.7 Å². The molecular formula is C13H8BrF3N4. The third-order valence-corrected chi connectivity index (χ3v) is 3.09. The van der Waals surface area contributed by atoms with E-state index in [1.54, 1.807) is 12.1 Å². The number of hydrogen-bond acceptors (Lipinski definition) is 4. The summed E-state index contributed by atoms with van der Waals surface area (Å²) in [6.45, 7) is 0. The van der Waals surface area contributed by atoms with E-state index in [-0.39, 0.29) is 16.9 Å². The maximum Gasteiger partial charge on any atom is 0.433 e. The molecule has 1 aromatic heterocycles. The Morgan fingerprint density at radius 2 is 1.95 bits per heavy atom. The lowest BCUT2D eigenvalue weighted by Gasteiger charge is -2.13. The largest absolute Gasteiger partial charge is 0.433 e. The van der Waals surface area contributed by atoms with Crippen LogP contribution in [0.1, 0.15) is 11.3 Å². The summed E-state index contributed by atoms with van der Waals surface area (Å²) in [6.07, 6.45) is -3.64. The molecule has 0 aliphatic rings. The number of alkyl halides is 3. The maximum atomic E-state index is 12.7. The van der Waals surface area contributed by atoms with E-state index in [0.717, 1.165) is 12.3 Å². The molecule has 1 heterocycles. The van der Waals surface area contributed by atoms with Gasteiger partial charge in [0, 0.05) is 4.47 Å². The minimum atomic E-state index is -4.57. The summed E-state index contributed by atoms with van der Waals surface area (Å²) in [5, 5.41) is 11.7. The van der Waals surface area contributed by atoms with Crippen LogP contribution in [0.4, 0.5) is 30.2 Å². The van der Waals surface area contributed by atoms with Crippen molar-refractivity contribution in [2.45, 2.75) is 6.18 Å². The van der Waals surface area contributed by atoms with Crippen LogP contribution in [0, 0.1) is 11.3 Å². The average molecular weight is 357 g/mol. The van der Waals surface area contributed by atoms with E-state index in [2.05, 4.69) is 26.2 Å². The van der Waals surface area contributed by atoms with Crippen molar-refractivity contribution >= 4 is 33.0 Å². The zero-order chi connectivity index (χ0) is 15.6. The second kappa shape index (κ2) is 5.61. The van der Waals surface area contributed by atoms with Crippen LogP contribution >= 0.6 is 15.9 Å². The van der Waals surface area contributed by atoms with E-state index in [0.29, 0.717) is 10.2 Å². The first-order valence-electron chi connectivity index (χ1n) is 5.60. The number of nitrogens with zero attached hydrogens (tertiary/aromatic N) is 2. The molecular weight excluding hydrogens is 349 g/mol. The van der Waals surface area contributed by atoms with Crippen LogP contribution in [0.3, 0.4) is 0 Å². The molecule has 8 heteroatoms. The van der Waals surface area contributed by atoms with Gasteiger partial charge in [-0.25, -0.2) is 4.98 Å². The number of nitrogens with two attached hydrogens (primary N) is 1. The summed E-state index contributed by atoms with van der Waals surface area (Å²) in [4.78, 5) is 3.25. The van der Waals surface area contributed by atoms with Crippen molar-refractivity contribution in [3.05, 3.63) is 46.2 Å². The summed E-state index contributed by atoms with van der Waals surface area (Å²) >= 11 is 3.23. The number of nitrogens with one attached hydrogen (secondary N) is 1. The van der Waals surface area contributed by atoms with Crippen molar-refractivity contribution in [1.29, 1.82) is 5.26 Å². The Bertz CT molecular complexity index is 722. The summed E-state index contributed by atoms with van der Waals surface area (Å²) in [6, 6.07) is 7.51. The fourth-order valence-electron chi connectivity index (χ4n) is 1.59. The third kappa shape index (κ3) is 3.44. The predicted octanol–water partition coefficient (Wildman–Crippen LogP) is 4.06. The Morgan fingerprint density at radius 3 is 2.57 bits per heavy atom. The maximum absolute atomic E-state index is 12.7. The molecule has 0 unspecified atom stereocenters. The fraction of sp³-hybridized carbons (Fsp3) is 0.0769. The zero-order valence-electron chi connectivity index (χ0n) is 10.4. The molecule has 1 aromatic carbocycles. The Hall–Kier alpha value is -2.27. The van der Waals surface area contributed by atoms with E-state index in [4.69, 9.17) is 11.0 Å². The molecule has 0 atom stereocenters. The monoisotopic (exact) mass is 356 g/mol. The second-order valence-corrected chi connectivity index (χ2v) is 5.00. The number of nitriles is 1. The van der Waals surface area contributed by atoms with Gasteiger partial charge >= 0.3 is 6.18 Å². The minimum absolute atomic E-state index is 0.0342. The van der Waals surface area contributed by atoms with E-state index >= 15 is 0 Å². The number of rotatable bonds is 2. The van der Waals surface area contributed by atoms with E-state index in [1.165, 1.54) is 6.07 Å². The summed E-state index contributed by atoms with van der Waals surface area (Å²) < 4.78 is 38.6. The third-order valence-electron chi connectivity index (χ3n) is 2.60. The second-order valence-electron chi connectivity index (χ2n) is 4.08. The van der Waals surface area contributed by atoms with Crippen molar-refractivity contribution < 1.29 is 13.2 Å². The van der Waals surface area contributed by atoms with Crippen LogP contribution in [-0.2, 0) is 6.18 Å². The molecule has 0 bridgehead atoms. The highest BCUT2D eigenvalue weighted by atomic mass is 79.9. The summed E-state index contributed by atoms with van der Waals surface area (Å²) in [5.41, 5.74) is 5.27. The van der Waals surface area contributed by atoms with E-state index in [9.17, 15) is 13.2 Å². The molecule has 0 aliphatic carbocycles. The summed E-state index contributed by atoms with van der Waals surface area (Å²) in [7, 11) is 0. The van der Waals surface area contributed by atoms with Crippen LogP contribution in [0.15, 0.2) is 34.9 Å². The lowest BCUT2D eigenvalue weighted by molar-refractivity contribution is -0.141. The van der Waals surface area contributed by atoms with Crippen molar-refractivity contribution in [3.63, 3.8) is 0 Å². The molecule has 0 aliphatic heterocycles. The highest BCUT2D eigenvalue weighted by Gasteiger charge is 2.33. The summed E-state index contributed by atoms with van der Waals surface area (Å²) in [5.74, 6) is 0. The molecule has 0 saturated heterocycles. The van der Waals surface area contributed by atoms with Gasteiger partial charge in [0.15, 0.2) is 0 Å². The highest BCUT2D eigenvalue weighted by Crippen LogP contribution is 2.33. The quantitative estimate of drug-likeness (QED) is 0.850. The number of anilines is 3. The fourth-order valence-corrected chi connectivity index (χ4v) is 1.95. The van der Waals surface area contributed by atoms with Gasteiger partial charge in [-0.2, -0.15) is 18.4 Å². The van der Waals surface area contributed by atoms with Gasteiger partial charge in [-0.05, 0) is 24.3 Å². The van der Waals surface area contributed by atoms with Crippen molar-refractivity contribution in [2.24, 2.45) is 0 Å². The molecule has 0 amide bonds. The Labute approximate surface area is 126 Å². The number of hydrogen-bond donors (Lipinski definition) is 2. The predicted molar refractivity (Wildman–Crippen MR) is 75.8 cm³/mol. The van der Waals surface area contributed by atoms with E-state index < -0.39 is 11.9 Å². The molecule has 2 rings (SSSR count). The normalized spacial score (nSPS) is 11.0. The molecule has 0 fully saturated rings. The first-order valence-corrected chi connectivity index (χ1v) is 6.40. The molecule has 0 saturated carbocycles. The van der Waals surface area contributed by atoms with Gasteiger partial charge in [-0.3, -0.25) is 0 Å². The number of pyridine rings is 1. The first kappa shape index (κ1) is 15.1. The van der Waals surface area contributed by atoms with E-state index in [1.807, 2.05) is 6.07 Å². The molecule has 0 radical (unpaired) electrons. The van der Waals surface area contributed by atoms with Gasteiger partial charge in [-0.15, -0.1) is 0 Å². The molecule has 4 nitrogen and oxygen atoms in total. The van der Waals surface area contributed by atoms with Crippen LogP contribution in [0.2, 0.25) is 0 Å². The molecule has 2 aromatic rings. The van der Waals surface area contributed by atoms with Crippen molar-refractivity contribution in [3.8, 4) is 6.07 Å². The van der Waals surface area contributed by atoms with Crippen molar-refractivity contribution in [1.82, 2.24) is 4.98 Å². The molecule has 108 valence electrons. The van der Waals surface area contributed by atoms with Crippen LogP contribution in [0.25, 0.3) is 0 Å². The number of halogens is 4. The highest BCUT2D eigenvalue weighted by molar-refractivity contribution is 9.10. The van der Waals surface area contributed by atoms with Crippen LogP contribution in [0.5, 0.6) is 0 Å². The van der Waals surface area contributed by atoms with Gasteiger partial charge in [0.2, 0.25) is 0 Å². The number of aromatic nitrogens is 1. The molecule has 21 heavy (non-hydrogen) atoms. The van der Waals surface area contributed by atoms with Gasteiger partial charge in [0.05, 0.1) is 28.8 Å². The van der Waals surface area contributed by atoms with Gasteiger partial charge in [-0.1, -0.05) is 15.9 Å². The number of nitrogen functional groups attached to an aromatic ring is 1. The molecule has 3 N–H and O–H groups in total. The molecule has 0 spiro atoms. The zero-order valence-corrected chi connectivity index (χ0v) is 12.0. The Kier molecular flexibility index (Phi) is 4.04. The standard InChI is InChI=1S/C13H8BrF3N4/c14-8-2-1-7(5-18)10(3-8)21-11-4-12(13(15,16)17)20-6-9(11)19/h1-4,6H,19H2,(H,20,21). The first-order chi connectivity index (χ1) is 9.81. The minimum Gasteiger partial charge on any atom is -0.396 e. The van der Waals surface area contributed by atoms with Crippen LogP contribution < -0.4 is 11.1 Å². The lowest BCUT2D eigenvalue weighted by atomic mass is 10.2. The van der Waals surface area contributed by atoms with Gasteiger partial charge in [0.1, 0.15) is 11.8 Å². The SMILES string of the molecule is N#Cc1ccc(Br)cc1Nc1cc(C(F)(F)F)ncc1N. The lowest BCUT2D eigenvalue weighted by Crippen LogP contribution is -2.09. The Balaban J connectivity index is 2.45. The smallest absolute Gasteiger partial charge is 0.396 e. The van der Waals surface area contributed by atoms with Gasteiger partial charge < -0.3 is 11.1 Å². The van der Waals surface area contributed by atoms with Crippen LogP contribution in [-0.4, -0.2) is 4.98 Å². The Morgan fingerprint density at radius 1 is 1.24 bits per heavy atom.